The predicted octanol–water partition coefficient (Wildman–Crippen LogP) is 3.24. The fraction of sp³-hybridized carbons (Fsp3) is 0.875. The molecule has 0 radical (unpaired) electrons. The summed E-state index contributed by atoms with van der Waals surface area (Å²) >= 11 is 0. The largest absolute Gasteiger partial charge is 0.310 e. The lowest BCUT2D eigenvalue weighted by molar-refractivity contribution is 0.830. The predicted molar refractivity (Wildman–Crippen MR) is 44.3 cm³/mol. The number of hydrogen-bond acceptors (Lipinski definition) is 1. The highest BCUT2D eigenvalue weighted by Gasteiger charge is 1.83. The standard InChI is InChI=1S/C6H13N.C2H6/c1-3-4-5-6(2)7;1-2/h7H,3-5H2,1-2H3;1-2H3. The van der Waals surface area contributed by atoms with Gasteiger partial charge in [-0.1, -0.05) is 27.2 Å². The monoisotopic (exact) mass is 129 g/mol. The van der Waals surface area contributed by atoms with E-state index in [1.54, 1.807) is 0 Å². The molecule has 0 atom stereocenters. The van der Waals surface area contributed by atoms with Crippen molar-refractivity contribution < 1.29 is 0 Å². The van der Waals surface area contributed by atoms with E-state index in [-0.39, 0.29) is 0 Å². The number of nitrogens with one attached hydrogen (secondary N) is 1. The highest BCUT2D eigenvalue weighted by atomic mass is 14.4. The fourth-order valence-electron chi connectivity index (χ4n) is 0.442. The highest BCUT2D eigenvalue weighted by molar-refractivity contribution is 5.78. The fourth-order valence-corrected chi connectivity index (χ4v) is 0.442. The Balaban J connectivity index is 0. The Morgan fingerprint density at radius 3 is 1.89 bits per heavy atom. The number of hydrogen-bond donors (Lipinski definition) is 1. The van der Waals surface area contributed by atoms with E-state index < -0.39 is 0 Å². The Kier molecular flexibility index (Phi) is 13.5. The minimum absolute atomic E-state index is 0.807. The zero-order chi connectivity index (χ0) is 7.70. The lowest BCUT2D eigenvalue weighted by Gasteiger charge is -1.90. The Bertz CT molecular complexity index is 57.6. The van der Waals surface area contributed by atoms with Crippen LogP contribution in [0.5, 0.6) is 0 Å². The Morgan fingerprint density at radius 1 is 1.33 bits per heavy atom. The van der Waals surface area contributed by atoms with Crippen LogP contribution in [0.2, 0.25) is 0 Å². The summed E-state index contributed by atoms with van der Waals surface area (Å²) in [5.41, 5.74) is 0.807. The molecule has 56 valence electrons. The average molecular weight is 129 g/mol. The molecular weight excluding hydrogens is 110 g/mol. The third-order valence-electron chi connectivity index (χ3n) is 0.905. The molecule has 0 aliphatic carbocycles. The zero-order valence-corrected chi connectivity index (χ0v) is 7.12. The van der Waals surface area contributed by atoms with Gasteiger partial charge in [0.2, 0.25) is 0 Å². The molecule has 0 rings (SSSR count). The van der Waals surface area contributed by atoms with Gasteiger partial charge in [0.25, 0.3) is 0 Å². The van der Waals surface area contributed by atoms with Gasteiger partial charge in [-0.2, -0.15) is 0 Å². The Hall–Kier alpha value is -0.330. The summed E-state index contributed by atoms with van der Waals surface area (Å²) in [4.78, 5) is 0. The van der Waals surface area contributed by atoms with E-state index in [1.165, 1.54) is 12.8 Å². The minimum Gasteiger partial charge on any atom is -0.310 e. The van der Waals surface area contributed by atoms with Crippen molar-refractivity contribution in [2.75, 3.05) is 0 Å². The van der Waals surface area contributed by atoms with Crippen LogP contribution in [0.1, 0.15) is 47.0 Å². The van der Waals surface area contributed by atoms with E-state index in [0.29, 0.717) is 0 Å². The molecule has 9 heavy (non-hydrogen) atoms. The molecule has 1 heteroatoms. The van der Waals surface area contributed by atoms with Gasteiger partial charge in [0.1, 0.15) is 0 Å². The quantitative estimate of drug-likeness (QED) is 0.566. The van der Waals surface area contributed by atoms with E-state index in [4.69, 9.17) is 5.41 Å². The molecule has 0 aromatic carbocycles. The first kappa shape index (κ1) is 11.5. The zero-order valence-electron chi connectivity index (χ0n) is 7.12. The van der Waals surface area contributed by atoms with Crippen molar-refractivity contribution in [2.45, 2.75) is 47.0 Å². The summed E-state index contributed by atoms with van der Waals surface area (Å²) in [5, 5.41) is 7.00. The van der Waals surface area contributed by atoms with Crippen molar-refractivity contribution in [1.29, 1.82) is 5.41 Å². The molecule has 0 saturated heterocycles. The van der Waals surface area contributed by atoms with Gasteiger partial charge in [-0.15, -0.1) is 0 Å². The van der Waals surface area contributed by atoms with Crippen LogP contribution in [0.4, 0.5) is 0 Å². The van der Waals surface area contributed by atoms with Crippen LogP contribution in [0, 0.1) is 5.41 Å². The van der Waals surface area contributed by atoms with Gasteiger partial charge in [0.15, 0.2) is 0 Å². The van der Waals surface area contributed by atoms with Crippen molar-refractivity contribution in [3.8, 4) is 0 Å². The first-order chi connectivity index (χ1) is 4.27. The molecule has 1 N–H and O–H groups in total. The highest BCUT2D eigenvalue weighted by Crippen LogP contribution is 1.93. The van der Waals surface area contributed by atoms with Crippen molar-refractivity contribution >= 4 is 5.71 Å². The van der Waals surface area contributed by atoms with E-state index >= 15 is 0 Å². The van der Waals surface area contributed by atoms with Gasteiger partial charge in [0.05, 0.1) is 0 Å². The molecule has 1 nitrogen and oxygen atoms in total. The SMILES string of the molecule is CC.CCCCC(C)=N. The summed E-state index contributed by atoms with van der Waals surface area (Å²) in [6.45, 7) is 8.00. The van der Waals surface area contributed by atoms with Crippen LogP contribution in [0.25, 0.3) is 0 Å². The normalized spacial score (nSPS) is 7.56. The summed E-state index contributed by atoms with van der Waals surface area (Å²) in [6, 6.07) is 0. The van der Waals surface area contributed by atoms with Crippen molar-refractivity contribution in [3.63, 3.8) is 0 Å². The molecule has 0 amide bonds. The summed E-state index contributed by atoms with van der Waals surface area (Å²) in [7, 11) is 0. The molecule has 0 aromatic heterocycles. The van der Waals surface area contributed by atoms with Crippen molar-refractivity contribution in [3.05, 3.63) is 0 Å². The van der Waals surface area contributed by atoms with Crippen LogP contribution in [0.15, 0.2) is 0 Å². The van der Waals surface area contributed by atoms with Crippen LogP contribution in [-0.2, 0) is 0 Å². The third-order valence-corrected chi connectivity index (χ3v) is 0.905. The second-order valence-corrected chi connectivity index (χ2v) is 1.88. The Morgan fingerprint density at radius 2 is 1.78 bits per heavy atom. The molecule has 0 spiro atoms. The lowest BCUT2D eigenvalue weighted by atomic mass is 10.2. The topological polar surface area (TPSA) is 23.9 Å². The number of unbranched alkanes of at least 4 members (excludes halogenated alkanes) is 1. The molecule has 0 aliphatic heterocycles. The second kappa shape index (κ2) is 10.6. The summed E-state index contributed by atoms with van der Waals surface area (Å²) in [5.74, 6) is 0. The minimum atomic E-state index is 0.807. The van der Waals surface area contributed by atoms with Gasteiger partial charge in [0, 0.05) is 5.71 Å². The molecule has 0 aromatic rings. The number of rotatable bonds is 3. The van der Waals surface area contributed by atoms with Crippen LogP contribution in [-0.4, -0.2) is 5.71 Å². The van der Waals surface area contributed by atoms with Gasteiger partial charge < -0.3 is 5.41 Å². The van der Waals surface area contributed by atoms with Crippen LogP contribution >= 0.6 is 0 Å². The van der Waals surface area contributed by atoms with Crippen molar-refractivity contribution in [1.82, 2.24) is 0 Å². The van der Waals surface area contributed by atoms with E-state index in [2.05, 4.69) is 6.92 Å². The van der Waals surface area contributed by atoms with E-state index in [1.807, 2.05) is 20.8 Å². The van der Waals surface area contributed by atoms with E-state index in [0.717, 1.165) is 12.1 Å². The maximum absolute atomic E-state index is 7.00. The molecule has 0 fully saturated rings. The van der Waals surface area contributed by atoms with Gasteiger partial charge in [-0.05, 0) is 19.8 Å². The van der Waals surface area contributed by atoms with Gasteiger partial charge in [-0.3, -0.25) is 0 Å². The molecule has 0 saturated carbocycles. The first-order valence-corrected chi connectivity index (χ1v) is 3.81. The van der Waals surface area contributed by atoms with Gasteiger partial charge >= 0.3 is 0 Å². The molecule has 0 bridgehead atoms. The smallest absolute Gasteiger partial charge is 0.00582 e. The van der Waals surface area contributed by atoms with Crippen LogP contribution < -0.4 is 0 Å². The first-order valence-electron chi connectivity index (χ1n) is 3.81. The second-order valence-electron chi connectivity index (χ2n) is 1.88. The third kappa shape index (κ3) is 18.3. The lowest BCUT2D eigenvalue weighted by Crippen LogP contribution is -1.85. The van der Waals surface area contributed by atoms with Gasteiger partial charge in [-0.25, -0.2) is 0 Å². The summed E-state index contributed by atoms with van der Waals surface area (Å²) < 4.78 is 0. The summed E-state index contributed by atoms with van der Waals surface area (Å²) in [6.07, 6.45) is 3.36. The molecule has 0 aliphatic rings. The molecule has 0 heterocycles. The molecule has 0 unspecified atom stereocenters. The Labute approximate surface area is 59.0 Å². The maximum atomic E-state index is 7.00. The average Bonchev–Trinajstić information content (AvgIpc) is 1.88. The maximum Gasteiger partial charge on any atom is 0.00582 e. The van der Waals surface area contributed by atoms with Crippen molar-refractivity contribution in [2.24, 2.45) is 0 Å². The van der Waals surface area contributed by atoms with E-state index in [9.17, 15) is 0 Å². The van der Waals surface area contributed by atoms with Crippen LogP contribution in [0.3, 0.4) is 0 Å². The molecular formula is C8H19N.